The van der Waals surface area contributed by atoms with Crippen molar-refractivity contribution in [2.24, 2.45) is 10.7 Å². The van der Waals surface area contributed by atoms with E-state index in [2.05, 4.69) is 66.3 Å². The third-order valence-corrected chi connectivity index (χ3v) is 6.20. The van der Waals surface area contributed by atoms with E-state index in [-0.39, 0.29) is 0 Å². The molecule has 0 amide bonds. The van der Waals surface area contributed by atoms with Gasteiger partial charge in [-0.1, -0.05) is 42.5 Å². The van der Waals surface area contributed by atoms with Crippen LogP contribution in [0.5, 0.6) is 5.75 Å². The van der Waals surface area contributed by atoms with Crippen molar-refractivity contribution in [3.8, 4) is 5.75 Å². The number of hydrazine groups is 1. The van der Waals surface area contributed by atoms with E-state index in [1.54, 1.807) is 18.4 Å². The highest BCUT2D eigenvalue weighted by Gasteiger charge is 2.26. The third kappa shape index (κ3) is 5.61. The molecule has 182 valence electrons. The zero-order valence-electron chi connectivity index (χ0n) is 19.8. The Kier molecular flexibility index (Phi) is 6.92. The van der Waals surface area contributed by atoms with Crippen LogP contribution in [0.2, 0.25) is 0 Å². The number of likely N-dealkylation sites (tertiary alicyclic amines) is 1. The van der Waals surface area contributed by atoms with Crippen LogP contribution in [-0.4, -0.2) is 53.4 Å². The Labute approximate surface area is 205 Å². The fraction of sp³-hybridized carbons (Fsp3) is 0.320. The molecule has 0 spiro atoms. The van der Waals surface area contributed by atoms with Gasteiger partial charge in [0.25, 0.3) is 0 Å². The summed E-state index contributed by atoms with van der Waals surface area (Å²) in [5.74, 6) is 2.64. The topological polar surface area (TPSA) is 116 Å². The lowest BCUT2D eigenvalue weighted by molar-refractivity contribution is 0.211. The van der Waals surface area contributed by atoms with E-state index >= 15 is 0 Å². The van der Waals surface area contributed by atoms with Gasteiger partial charge in [-0.25, -0.2) is 20.0 Å². The monoisotopic (exact) mass is 473 g/mol. The lowest BCUT2D eigenvalue weighted by Crippen LogP contribution is -2.47. The Hall–Kier alpha value is -3.89. The van der Waals surface area contributed by atoms with Crippen molar-refractivity contribution in [3.05, 3.63) is 72.6 Å². The lowest BCUT2D eigenvalue weighted by Gasteiger charge is -2.32. The summed E-state index contributed by atoms with van der Waals surface area (Å²) in [6.07, 6.45) is 3.03. The molecule has 3 aromatic rings. The minimum atomic E-state index is -0.629. The second-order valence-corrected chi connectivity index (χ2v) is 8.64. The predicted octanol–water partition coefficient (Wildman–Crippen LogP) is 2.60. The molecule has 1 unspecified atom stereocenters. The minimum absolute atomic E-state index is 0.365. The first-order chi connectivity index (χ1) is 17.2. The summed E-state index contributed by atoms with van der Waals surface area (Å²) in [5.41, 5.74) is 11.6. The number of hydrogen-bond acceptors (Lipinski definition) is 10. The van der Waals surface area contributed by atoms with E-state index in [0.717, 1.165) is 44.0 Å². The maximum absolute atomic E-state index is 6.26. The maximum atomic E-state index is 6.26. The van der Waals surface area contributed by atoms with E-state index in [0.29, 0.717) is 23.6 Å². The number of hydrogen-bond donors (Lipinski definition) is 4. The van der Waals surface area contributed by atoms with Gasteiger partial charge in [-0.15, -0.1) is 0 Å². The van der Waals surface area contributed by atoms with Gasteiger partial charge in [0.05, 0.1) is 12.8 Å². The van der Waals surface area contributed by atoms with Gasteiger partial charge in [-0.3, -0.25) is 16.1 Å². The lowest BCUT2D eigenvalue weighted by atomic mass is 10.0. The average Bonchev–Trinajstić information content (AvgIpc) is 3.26. The fourth-order valence-corrected chi connectivity index (χ4v) is 4.37. The molecule has 10 heteroatoms. The van der Waals surface area contributed by atoms with Gasteiger partial charge < -0.3 is 15.4 Å². The van der Waals surface area contributed by atoms with Gasteiger partial charge >= 0.3 is 0 Å². The highest BCUT2D eigenvalue weighted by Crippen LogP contribution is 2.25. The number of methoxy groups -OCH3 is 1. The molecule has 35 heavy (non-hydrogen) atoms. The summed E-state index contributed by atoms with van der Waals surface area (Å²) in [6, 6.07) is 20.5. The normalized spacial score (nSPS) is 18.6. The zero-order chi connectivity index (χ0) is 24.0. The van der Waals surface area contributed by atoms with E-state index < -0.39 is 6.29 Å². The van der Waals surface area contributed by atoms with E-state index in [1.165, 1.54) is 5.56 Å². The molecule has 1 saturated heterocycles. The van der Waals surface area contributed by atoms with Crippen molar-refractivity contribution in [1.82, 2.24) is 20.3 Å². The molecule has 1 fully saturated rings. The molecule has 2 aromatic carbocycles. The molecule has 0 aliphatic carbocycles. The fourth-order valence-electron chi connectivity index (χ4n) is 4.37. The molecular weight excluding hydrogens is 442 g/mol. The number of aromatic nitrogens is 2. The number of nitrogens with one attached hydrogen (secondary N) is 3. The molecule has 0 bridgehead atoms. The van der Waals surface area contributed by atoms with E-state index in [1.807, 2.05) is 30.3 Å². The second-order valence-electron chi connectivity index (χ2n) is 8.64. The van der Waals surface area contributed by atoms with Crippen LogP contribution in [-0.2, 0) is 6.54 Å². The number of para-hydroxylation sites is 2. The van der Waals surface area contributed by atoms with Crippen molar-refractivity contribution in [1.29, 1.82) is 0 Å². The molecule has 10 nitrogen and oxygen atoms in total. The van der Waals surface area contributed by atoms with Crippen molar-refractivity contribution >= 4 is 23.3 Å². The smallest absolute Gasteiger partial charge is 0.218 e. The van der Waals surface area contributed by atoms with Crippen LogP contribution in [0.4, 0.5) is 17.3 Å². The molecule has 0 saturated carbocycles. The van der Waals surface area contributed by atoms with Gasteiger partial charge in [0.15, 0.2) is 12.1 Å². The van der Waals surface area contributed by atoms with Crippen LogP contribution < -0.4 is 31.5 Å². The maximum Gasteiger partial charge on any atom is 0.218 e. The number of piperidine rings is 1. The number of guanidine groups is 1. The molecule has 1 atom stereocenters. The number of aliphatic imine (C=N–C) groups is 1. The van der Waals surface area contributed by atoms with Crippen LogP contribution in [0.3, 0.4) is 0 Å². The Morgan fingerprint density at radius 3 is 2.63 bits per heavy atom. The molecule has 5 rings (SSSR count). The Morgan fingerprint density at radius 1 is 1.06 bits per heavy atom. The molecule has 5 N–H and O–H groups in total. The Bertz CT molecular complexity index is 1150. The van der Waals surface area contributed by atoms with Crippen LogP contribution in [0.25, 0.3) is 0 Å². The number of ether oxygens (including phenoxy) is 1. The molecule has 2 aliphatic heterocycles. The zero-order valence-corrected chi connectivity index (χ0v) is 19.8. The third-order valence-electron chi connectivity index (χ3n) is 6.20. The van der Waals surface area contributed by atoms with Gasteiger partial charge in [0.1, 0.15) is 17.9 Å². The largest absolute Gasteiger partial charge is 0.495 e. The predicted molar refractivity (Wildman–Crippen MR) is 138 cm³/mol. The first-order valence-corrected chi connectivity index (χ1v) is 11.8. The molecule has 2 aliphatic rings. The summed E-state index contributed by atoms with van der Waals surface area (Å²) < 4.78 is 5.40. The summed E-state index contributed by atoms with van der Waals surface area (Å²) >= 11 is 0. The summed E-state index contributed by atoms with van der Waals surface area (Å²) in [7, 11) is 1.63. The minimum Gasteiger partial charge on any atom is -0.495 e. The number of benzene rings is 2. The van der Waals surface area contributed by atoms with Gasteiger partial charge in [0, 0.05) is 31.7 Å². The van der Waals surface area contributed by atoms with Crippen molar-refractivity contribution in [2.75, 3.05) is 35.8 Å². The van der Waals surface area contributed by atoms with Gasteiger partial charge in [-0.05, 0) is 30.5 Å². The highest BCUT2D eigenvalue weighted by molar-refractivity contribution is 5.97. The molecule has 1 aromatic heterocycles. The molecule has 0 radical (unpaired) electrons. The first kappa shape index (κ1) is 22.9. The van der Waals surface area contributed by atoms with Crippen LogP contribution in [0.15, 0.2) is 72.0 Å². The standard InChI is InChI=1S/C25H31N9O/c1-35-21-10-6-5-9-20(21)30-25-31-24(26)34(32-25)23-15-22(27-17-28-23)29-19-11-13-33(14-12-19)16-18-7-3-2-4-8-18/h2-10,15,17,19,24H,11-14,16,26H2,1H3,(H,27,28,29)(H2,30,31,32). The van der Waals surface area contributed by atoms with E-state index in [4.69, 9.17) is 10.5 Å². The summed E-state index contributed by atoms with van der Waals surface area (Å²) in [5, 5.41) is 8.49. The number of rotatable bonds is 7. The number of anilines is 3. The second kappa shape index (κ2) is 10.6. The van der Waals surface area contributed by atoms with Crippen molar-refractivity contribution < 1.29 is 4.74 Å². The Balaban J connectivity index is 1.16. The van der Waals surface area contributed by atoms with Crippen molar-refractivity contribution in [3.63, 3.8) is 0 Å². The van der Waals surface area contributed by atoms with Crippen LogP contribution in [0.1, 0.15) is 18.4 Å². The van der Waals surface area contributed by atoms with E-state index in [9.17, 15) is 0 Å². The quantitative estimate of drug-likeness (QED) is 0.411. The van der Waals surface area contributed by atoms with Crippen molar-refractivity contribution in [2.45, 2.75) is 31.7 Å². The van der Waals surface area contributed by atoms with Gasteiger partial charge in [-0.2, -0.15) is 0 Å². The van der Waals surface area contributed by atoms with Crippen LogP contribution >= 0.6 is 0 Å². The first-order valence-electron chi connectivity index (χ1n) is 11.8. The average molecular weight is 474 g/mol. The number of nitrogens with zero attached hydrogens (tertiary/aromatic N) is 5. The Morgan fingerprint density at radius 2 is 1.83 bits per heavy atom. The van der Waals surface area contributed by atoms with Crippen LogP contribution in [0, 0.1) is 0 Å². The molecular formula is C25H31N9O. The number of nitrogens with two attached hydrogens (primary N) is 1. The SMILES string of the molecule is COc1ccccc1NC1=NC(N)N(c2cc(NC3CCN(Cc4ccccc4)CC3)ncn2)N1. The molecule has 3 heterocycles. The summed E-state index contributed by atoms with van der Waals surface area (Å²) in [6.45, 7) is 3.10. The summed E-state index contributed by atoms with van der Waals surface area (Å²) in [4.78, 5) is 15.8. The highest BCUT2D eigenvalue weighted by atomic mass is 16.5. The van der Waals surface area contributed by atoms with Gasteiger partial charge in [0.2, 0.25) is 5.96 Å².